The van der Waals surface area contributed by atoms with Gasteiger partial charge in [-0.05, 0) is 42.5 Å². The van der Waals surface area contributed by atoms with Crippen LogP contribution >= 0.6 is 0 Å². The Morgan fingerprint density at radius 1 is 1.21 bits per heavy atom. The molecule has 0 bridgehead atoms. The van der Waals surface area contributed by atoms with Gasteiger partial charge in [0.2, 0.25) is 0 Å². The van der Waals surface area contributed by atoms with Crippen molar-refractivity contribution in [3.63, 3.8) is 0 Å². The molecule has 0 aliphatic rings. The van der Waals surface area contributed by atoms with Crippen LogP contribution < -0.4 is 15.7 Å². The van der Waals surface area contributed by atoms with Crippen LogP contribution in [0.4, 0.5) is 5.69 Å². The smallest absolute Gasteiger partial charge is 0.287 e. The van der Waals surface area contributed by atoms with Crippen LogP contribution in [0.1, 0.15) is 31.0 Å². The first-order chi connectivity index (χ1) is 13.7. The fourth-order valence-corrected chi connectivity index (χ4v) is 3.26. The number of unbranched alkanes of at least 4 members (excludes halogenated alkanes) is 1. The van der Waals surface area contributed by atoms with Crippen molar-refractivity contribution in [2.75, 3.05) is 11.9 Å². The van der Waals surface area contributed by atoms with Gasteiger partial charge in [-0.2, -0.15) is 0 Å². The molecule has 0 saturated heterocycles. The maximum atomic E-state index is 12.6. The zero-order valence-corrected chi connectivity index (χ0v) is 16.0. The molecule has 0 unspecified atom stereocenters. The predicted octanol–water partition coefficient (Wildman–Crippen LogP) is 3.42. The van der Waals surface area contributed by atoms with Gasteiger partial charge >= 0.3 is 0 Å². The number of hydrogen-bond donors (Lipinski definition) is 2. The van der Waals surface area contributed by atoms with E-state index in [0.29, 0.717) is 24.5 Å². The Morgan fingerprint density at radius 3 is 2.96 bits per heavy atom. The second-order valence-electron chi connectivity index (χ2n) is 6.79. The lowest BCUT2D eigenvalue weighted by atomic mass is 10.1. The average Bonchev–Trinajstić information content (AvgIpc) is 3.16. The zero-order chi connectivity index (χ0) is 19.5. The highest BCUT2D eigenvalue weighted by Gasteiger charge is 2.14. The van der Waals surface area contributed by atoms with Crippen LogP contribution in [-0.2, 0) is 6.54 Å². The van der Waals surface area contributed by atoms with E-state index >= 15 is 0 Å². The van der Waals surface area contributed by atoms with Crippen molar-refractivity contribution in [3.8, 4) is 0 Å². The van der Waals surface area contributed by atoms with Gasteiger partial charge in [-0.3, -0.25) is 4.79 Å². The quantitative estimate of drug-likeness (QED) is 0.482. The highest BCUT2D eigenvalue weighted by Crippen LogP contribution is 2.23. The van der Waals surface area contributed by atoms with E-state index in [4.69, 9.17) is 4.84 Å². The summed E-state index contributed by atoms with van der Waals surface area (Å²) in [6.45, 7) is 5.04. The van der Waals surface area contributed by atoms with Crippen molar-refractivity contribution in [1.29, 1.82) is 0 Å². The Kier molecular flexibility index (Phi) is 4.97. The number of aromatic amines is 1. The normalized spacial score (nSPS) is 11.2. The molecular formula is C21H23N5O2. The number of hydrogen-bond acceptors (Lipinski definition) is 5. The maximum Gasteiger partial charge on any atom is 0.287 e. The molecule has 3 heterocycles. The molecule has 1 aromatic carbocycles. The number of anilines is 1. The maximum absolute atomic E-state index is 12.6. The first-order valence-corrected chi connectivity index (χ1v) is 9.48. The van der Waals surface area contributed by atoms with Gasteiger partial charge in [0.05, 0.1) is 16.8 Å². The molecule has 4 rings (SSSR count). The second-order valence-corrected chi connectivity index (χ2v) is 6.79. The summed E-state index contributed by atoms with van der Waals surface area (Å²) in [5, 5.41) is 5.33. The molecule has 0 aliphatic heterocycles. The first-order valence-electron chi connectivity index (χ1n) is 9.48. The number of nitrogens with zero attached hydrogens (tertiary/aromatic N) is 3. The number of aryl methyl sites for hydroxylation is 1. The Morgan fingerprint density at radius 2 is 2.11 bits per heavy atom. The lowest BCUT2D eigenvalue weighted by Gasteiger charge is -2.15. The molecular weight excluding hydrogens is 354 g/mol. The summed E-state index contributed by atoms with van der Waals surface area (Å²) in [5.74, 6) is 0. The molecule has 144 valence electrons. The molecule has 2 N–H and O–H groups in total. The Hall–Kier alpha value is -3.35. The third-order valence-corrected chi connectivity index (χ3v) is 4.77. The van der Waals surface area contributed by atoms with Gasteiger partial charge in [-0.25, -0.2) is 9.97 Å². The van der Waals surface area contributed by atoms with Gasteiger partial charge in [0.15, 0.2) is 5.65 Å². The molecule has 0 atom stereocenters. The molecule has 0 saturated carbocycles. The summed E-state index contributed by atoms with van der Waals surface area (Å²) in [4.78, 5) is 30.1. The average molecular weight is 377 g/mol. The number of rotatable bonds is 7. The summed E-state index contributed by atoms with van der Waals surface area (Å²) >= 11 is 0. The van der Waals surface area contributed by atoms with Crippen molar-refractivity contribution in [2.45, 2.75) is 33.2 Å². The van der Waals surface area contributed by atoms with Crippen molar-refractivity contribution in [3.05, 3.63) is 64.5 Å². The van der Waals surface area contributed by atoms with Crippen LogP contribution in [0.5, 0.6) is 0 Å². The molecule has 7 heteroatoms. The number of nitrogens with one attached hydrogen (secondary N) is 2. The minimum absolute atomic E-state index is 0.245. The molecule has 3 aromatic heterocycles. The number of fused-ring (bicyclic) bond motifs is 2. The van der Waals surface area contributed by atoms with E-state index in [1.54, 1.807) is 6.07 Å². The second kappa shape index (κ2) is 7.72. The minimum Gasteiger partial charge on any atom is -0.409 e. The molecule has 0 radical (unpaired) electrons. The molecule has 0 fully saturated rings. The third kappa shape index (κ3) is 3.43. The number of H-pyrrole nitrogens is 1. The standard InChI is InChI=1S/C21H23N5O2/c1-3-4-9-28-26-19(27)11-18(20-14(2)24-13-25-21(20)26)23-12-15-5-6-17-16(10-15)7-8-22-17/h5-8,10-11,13,22-23H,3-4,9,12H2,1-2H3. The van der Waals surface area contributed by atoms with E-state index in [9.17, 15) is 4.79 Å². The summed E-state index contributed by atoms with van der Waals surface area (Å²) in [5.41, 5.74) is 3.97. The number of pyridine rings is 1. The fourth-order valence-electron chi connectivity index (χ4n) is 3.26. The van der Waals surface area contributed by atoms with Crippen LogP contribution in [0, 0.1) is 6.92 Å². The first kappa shape index (κ1) is 18.0. The lowest BCUT2D eigenvalue weighted by molar-refractivity contribution is 0.108. The van der Waals surface area contributed by atoms with Crippen LogP contribution in [0.2, 0.25) is 0 Å². The van der Waals surface area contributed by atoms with Crippen molar-refractivity contribution in [1.82, 2.24) is 19.7 Å². The summed E-state index contributed by atoms with van der Waals surface area (Å²) in [6.07, 6.45) is 5.25. The lowest BCUT2D eigenvalue weighted by Crippen LogP contribution is -2.29. The summed E-state index contributed by atoms with van der Waals surface area (Å²) < 4.78 is 1.27. The molecule has 0 spiro atoms. The Balaban J connectivity index is 1.68. The van der Waals surface area contributed by atoms with E-state index in [0.717, 1.165) is 40.4 Å². The van der Waals surface area contributed by atoms with Gasteiger partial charge in [0.25, 0.3) is 5.56 Å². The van der Waals surface area contributed by atoms with E-state index in [2.05, 4.69) is 45.4 Å². The van der Waals surface area contributed by atoms with Crippen LogP contribution in [-0.4, -0.2) is 26.3 Å². The van der Waals surface area contributed by atoms with E-state index in [1.165, 1.54) is 11.1 Å². The molecule has 28 heavy (non-hydrogen) atoms. The van der Waals surface area contributed by atoms with E-state index in [1.807, 2.05) is 19.2 Å². The van der Waals surface area contributed by atoms with Gasteiger partial charge < -0.3 is 15.1 Å². The highest BCUT2D eigenvalue weighted by atomic mass is 16.7. The SMILES string of the molecule is CCCCOn1c(=O)cc(NCc2ccc3[nH]ccc3c2)c2c(C)ncnc21. The number of aromatic nitrogens is 4. The Bertz CT molecular complexity index is 1180. The number of benzene rings is 1. The van der Waals surface area contributed by atoms with Crippen molar-refractivity contribution >= 4 is 27.6 Å². The molecule has 0 aliphatic carbocycles. The highest BCUT2D eigenvalue weighted by molar-refractivity contribution is 5.90. The topological polar surface area (TPSA) is 84.8 Å². The van der Waals surface area contributed by atoms with Gasteiger partial charge in [-0.15, -0.1) is 4.73 Å². The van der Waals surface area contributed by atoms with Crippen LogP contribution in [0.15, 0.2) is 47.7 Å². The van der Waals surface area contributed by atoms with E-state index in [-0.39, 0.29) is 5.56 Å². The Labute approximate surface area is 162 Å². The summed E-state index contributed by atoms with van der Waals surface area (Å²) in [7, 11) is 0. The predicted molar refractivity (Wildman–Crippen MR) is 111 cm³/mol. The fraction of sp³-hybridized carbons (Fsp3) is 0.286. The van der Waals surface area contributed by atoms with Gasteiger partial charge in [0.1, 0.15) is 12.9 Å². The van der Waals surface area contributed by atoms with Gasteiger partial charge in [0, 0.05) is 24.3 Å². The third-order valence-electron chi connectivity index (χ3n) is 4.77. The largest absolute Gasteiger partial charge is 0.409 e. The molecule has 7 nitrogen and oxygen atoms in total. The van der Waals surface area contributed by atoms with Crippen LogP contribution in [0.25, 0.3) is 21.9 Å². The van der Waals surface area contributed by atoms with E-state index < -0.39 is 0 Å². The molecule has 4 aromatic rings. The van der Waals surface area contributed by atoms with Crippen molar-refractivity contribution < 1.29 is 4.84 Å². The zero-order valence-electron chi connectivity index (χ0n) is 16.0. The monoisotopic (exact) mass is 377 g/mol. The molecule has 0 amide bonds. The van der Waals surface area contributed by atoms with Crippen LogP contribution in [0.3, 0.4) is 0 Å². The minimum atomic E-state index is -0.245. The summed E-state index contributed by atoms with van der Waals surface area (Å²) in [6, 6.07) is 9.84. The van der Waals surface area contributed by atoms with Gasteiger partial charge in [-0.1, -0.05) is 19.4 Å². The van der Waals surface area contributed by atoms with Crippen molar-refractivity contribution in [2.24, 2.45) is 0 Å².